The molecule has 0 unspecified atom stereocenters. The van der Waals surface area contributed by atoms with E-state index in [9.17, 15) is 4.79 Å². The van der Waals surface area contributed by atoms with Crippen molar-refractivity contribution in [3.05, 3.63) is 59.7 Å². The SMILES string of the molecule is CCCOc1ccc(C(=O)NC[C@H](c2ccc(OC)cc2)N2CCCCC2)cc1. The third-order valence-corrected chi connectivity index (χ3v) is 5.38. The Balaban J connectivity index is 1.66. The number of benzene rings is 2. The van der Waals surface area contributed by atoms with Crippen LogP contribution in [0.4, 0.5) is 0 Å². The van der Waals surface area contributed by atoms with Gasteiger partial charge in [0, 0.05) is 12.1 Å². The molecule has 1 amide bonds. The molecule has 1 saturated heterocycles. The van der Waals surface area contributed by atoms with Gasteiger partial charge in [-0.1, -0.05) is 25.5 Å². The maximum atomic E-state index is 12.7. The summed E-state index contributed by atoms with van der Waals surface area (Å²) in [5.41, 5.74) is 1.86. The van der Waals surface area contributed by atoms with Crippen molar-refractivity contribution in [2.45, 2.75) is 38.6 Å². The number of methoxy groups -OCH3 is 1. The highest BCUT2D eigenvalue weighted by Crippen LogP contribution is 2.26. The lowest BCUT2D eigenvalue weighted by Crippen LogP contribution is -2.40. The Hall–Kier alpha value is -2.53. The number of hydrogen-bond donors (Lipinski definition) is 1. The van der Waals surface area contributed by atoms with Crippen LogP contribution < -0.4 is 14.8 Å². The minimum atomic E-state index is -0.0532. The first kappa shape index (κ1) is 21.2. The minimum Gasteiger partial charge on any atom is -0.497 e. The molecule has 0 saturated carbocycles. The lowest BCUT2D eigenvalue weighted by atomic mass is 10.0. The summed E-state index contributed by atoms with van der Waals surface area (Å²) in [5, 5.41) is 3.13. The van der Waals surface area contributed by atoms with Crippen molar-refractivity contribution in [2.75, 3.05) is 33.4 Å². The van der Waals surface area contributed by atoms with E-state index >= 15 is 0 Å². The molecular formula is C24H32N2O3. The van der Waals surface area contributed by atoms with Gasteiger partial charge in [-0.2, -0.15) is 0 Å². The van der Waals surface area contributed by atoms with E-state index in [0.29, 0.717) is 18.7 Å². The summed E-state index contributed by atoms with van der Waals surface area (Å²) < 4.78 is 10.9. The molecule has 1 heterocycles. The minimum absolute atomic E-state index is 0.0532. The van der Waals surface area contributed by atoms with Crippen molar-refractivity contribution in [3.8, 4) is 11.5 Å². The molecule has 0 aromatic heterocycles. The Morgan fingerprint density at radius 3 is 2.28 bits per heavy atom. The van der Waals surface area contributed by atoms with Gasteiger partial charge in [0.15, 0.2) is 0 Å². The summed E-state index contributed by atoms with van der Waals surface area (Å²) in [4.78, 5) is 15.2. The molecule has 156 valence electrons. The third kappa shape index (κ3) is 5.97. The molecule has 0 bridgehead atoms. The van der Waals surface area contributed by atoms with Gasteiger partial charge in [0.25, 0.3) is 5.91 Å². The second-order valence-electron chi connectivity index (χ2n) is 7.47. The van der Waals surface area contributed by atoms with E-state index in [-0.39, 0.29) is 11.9 Å². The zero-order valence-electron chi connectivity index (χ0n) is 17.5. The van der Waals surface area contributed by atoms with E-state index in [1.807, 2.05) is 36.4 Å². The highest BCUT2D eigenvalue weighted by Gasteiger charge is 2.23. The predicted molar refractivity (Wildman–Crippen MR) is 116 cm³/mol. The molecule has 1 N–H and O–H groups in total. The topological polar surface area (TPSA) is 50.8 Å². The number of carbonyl (C=O) groups is 1. The maximum Gasteiger partial charge on any atom is 0.251 e. The van der Waals surface area contributed by atoms with Gasteiger partial charge >= 0.3 is 0 Å². The molecule has 2 aromatic carbocycles. The molecule has 29 heavy (non-hydrogen) atoms. The van der Waals surface area contributed by atoms with Crippen LogP contribution in [0, 0.1) is 0 Å². The number of piperidine rings is 1. The van der Waals surface area contributed by atoms with Gasteiger partial charge < -0.3 is 14.8 Å². The molecule has 2 aromatic rings. The van der Waals surface area contributed by atoms with E-state index in [4.69, 9.17) is 9.47 Å². The van der Waals surface area contributed by atoms with Crippen LogP contribution in [0.1, 0.15) is 54.6 Å². The van der Waals surface area contributed by atoms with E-state index in [1.165, 1.54) is 24.8 Å². The molecule has 1 atom stereocenters. The summed E-state index contributed by atoms with van der Waals surface area (Å²) in [6, 6.07) is 15.7. The number of carbonyl (C=O) groups excluding carboxylic acids is 1. The van der Waals surface area contributed by atoms with Gasteiger partial charge in [-0.3, -0.25) is 9.69 Å². The molecule has 1 aliphatic rings. The molecule has 3 rings (SSSR count). The zero-order valence-corrected chi connectivity index (χ0v) is 17.5. The second kappa shape index (κ2) is 10.9. The molecule has 5 nitrogen and oxygen atoms in total. The Kier molecular flexibility index (Phi) is 7.94. The number of likely N-dealkylation sites (tertiary alicyclic amines) is 1. The van der Waals surface area contributed by atoms with E-state index < -0.39 is 0 Å². The van der Waals surface area contributed by atoms with Gasteiger partial charge in [-0.05, 0) is 74.3 Å². The Labute approximate surface area is 174 Å². The summed E-state index contributed by atoms with van der Waals surface area (Å²) in [6.07, 6.45) is 4.66. The fourth-order valence-electron chi connectivity index (χ4n) is 3.73. The first-order valence-corrected chi connectivity index (χ1v) is 10.6. The van der Waals surface area contributed by atoms with Gasteiger partial charge in [0.05, 0.1) is 19.8 Å². The van der Waals surface area contributed by atoms with Crippen LogP contribution in [0.3, 0.4) is 0 Å². The Bertz CT molecular complexity index is 753. The second-order valence-corrected chi connectivity index (χ2v) is 7.47. The summed E-state index contributed by atoms with van der Waals surface area (Å²) in [7, 11) is 1.68. The fraction of sp³-hybridized carbons (Fsp3) is 0.458. The van der Waals surface area contributed by atoms with Crippen molar-refractivity contribution in [1.29, 1.82) is 0 Å². The summed E-state index contributed by atoms with van der Waals surface area (Å²) in [5.74, 6) is 1.59. The monoisotopic (exact) mass is 396 g/mol. The lowest BCUT2D eigenvalue weighted by molar-refractivity contribution is 0.0924. The van der Waals surface area contributed by atoms with E-state index in [0.717, 1.165) is 31.0 Å². The molecule has 0 aliphatic carbocycles. The molecule has 0 radical (unpaired) electrons. The van der Waals surface area contributed by atoms with Crippen molar-refractivity contribution >= 4 is 5.91 Å². The van der Waals surface area contributed by atoms with Gasteiger partial charge in [0.2, 0.25) is 0 Å². The largest absolute Gasteiger partial charge is 0.497 e. The highest BCUT2D eigenvalue weighted by molar-refractivity contribution is 5.94. The number of nitrogens with one attached hydrogen (secondary N) is 1. The lowest BCUT2D eigenvalue weighted by Gasteiger charge is -2.35. The number of hydrogen-bond acceptors (Lipinski definition) is 4. The van der Waals surface area contributed by atoms with Gasteiger partial charge in [-0.15, -0.1) is 0 Å². The number of ether oxygens (including phenoxy) is 2. The molecule has 0 spiro atoms. The average molecular weight is 397 g/mol. The summed E-state index contributed by atoms with van der Waals surface area (Å²) in [6.45, 7) is 5.47. The third-order valence-electron chi connectivity index (χ3n) is 5.38. The van der Waals surface area contributed by atoms with E-state index in [1.54, 1.807) is 7.11 Å². The first-order valence-electron chi connectivity index (χ1n) is 10.6. The van der Waals surface area contributed by atoms with Crippen molar-refractivity contribution < 1.29 is 14.3 Å². The quantitative estimate of drug-likeness (QED) is 0.681. The van der Waals surface area contributed by atoms with Gasteiger partial charge in [-0.25, -0.2) is 0 Å². The van der Waals surface area contributed by atoms with Crippen LogP contribution in [-0.4, -0.2) is 44.2 Å². The number of rotatable bonds is 9. The standard InChI is InChI=1S/C24H32N2O3/c1-3-17-29-22-13-9-20(10-14-22)24(27)25-18-23(26-15-5-4-6-16-26)19-7-11-21(28-2)12-8-19/h7-14,23H,3-6,15-18H2,1-2H3,(H,25,27)/t23-/m1/s1. The molecule has 5 heteroatoms. The average Bonchev–Trinajstić information content (AvgIpc) is 2.79. The van der Waals surface area contributed by atoms with Crippen LogP contribution in [0.25, 0.3) is 0 Å². The van der Waals surface area contributed by atoms with Crippen molar-refractivity contribution in [2.24, 2.45) is 0 Å². The highest BCUT2D eigenvalue weighted by atomic mass is 16.5. The van der Waals surface area contributed by atoms with Gasteiger partial charge in [0.1, 0.15) is 11.5 Å². The first-order chi connectivity index (χ1) is 14.2. The zero-order chi connectivity index (χ0) is 20.5. The normalized spacial score (nSPS) is 15.5. The molecule has 1 fully saturated rings. The van der Waals surface area contributed by atoms with Crippen LogP contribution in [-0.2, 0) is 0 Å². The van der Waals surface area contributed by atoms with Crippen LogP contribution in [0.2, 0.25) is 0 Å². The smallest absolute Gasteiger partial charge is 0.251 e. The summed E-state index contributed by atoms with van der Waals surface area (Å²) >= 11 is 0. The molecular weight excluding hydrogens is 364 g/mol. The van der Waals surface area contributed by atoms with Crippen LogP contribution in [0.15, 0.2) is 48.5 Å². The number of nitrogens with zero attached hydrogens (tertiary/aromatic N) is 1. The van der Waals surface area contributed by atoms with Crippen LogP contribution >= 0.6 is 0 Å². The predicted octanol–water partition coefficient (Wildman–Crippen LogP) is 4.44. The van der Waals surface area contributed by atoms with E-state index in [2.05, 4.69) is 29.3 Å². The number of amides is 1. The van der Waals surface area contributed by atoms with Crippen LogP contribution in [0.5, 0.6) is 11.5 Å². The fourth-order valence-corrected chi connectivity index (χ4v) is 3.73. The van der Waals surface area contributed by atoms with Crippen molar-refractivity contribution in [3.63, 3.8) is 0 Å². The molecule has 1 aliphatic heterocycles. The van der Waals surface area contributed by atoms with Crippen molar-refractivity contribution in [1.82, 2.24) is 10.2 Å². The maximum absolute atomic E-state index is 12.7. The Morgan fingerprint density at radius 2 is 1.66 bits per heavy atom. The Morgan fingerprint density at radius 1 is 1.00 bits per heavy atom.